The first-order valence-electron chi connectivity index (χ1n) is 6.81. The van der Waals surface area contributed by atoms with Crippen LogP contribution in [0.4, 0.5) is 0 Å². The van der Waals surface area contributed by atoms with Crippen LogP contribution in [-0.4, -0.2) is 21.8 Å². The Kier molecular flexibility index (Phi) is 2.90. The molecule has 0 aromatic rings. The van der Waals surface area contributed by atoms with Gasteiger partial charge >= 0.3 is 0 Å². The maximum absolute atomic E-state index is 12.0. The maximum Gasteiger partial charge on any atom is 0.146 e. The fraction of sp³-hybridized carbons (Fsp3) is 0.929. The van der Waals surface area contributed by atoms with Crippen molar-refractivity contribution >= 4 is 21.7 Å². The van der Waals surface area contributed by atoms with E-state index >= 15 is 0 Å². The zero-order chi connectivity index (χ0) is 12.2. The zero-order valence-electron chi connectivity index (χ0n) is 10.4. The highest BCUT2D eigenvalue weighted by molar-refractivity contribution is 9.09. The fourth-order valence-electron chi connectivity index (χ4n) is 4.00. The summed E-state index contributed by atoms with van der Waals surface area (Å²) < 4.78 is 0. The van der Waals surface area contributed by atoms with E-state index in [0.29, 0.717) is 23.5 Å². The zero-order valence-corrected chi connectivity index (χ0v) is 11.9. The Morgan fingerprint density at radius 3 is 2.65 bits per heavy atom. The lowest BCUT2D eigenvalue weighted by Gasteiger charge is -2.27. The average molecular weight is 301 g/mol. The minimum absolute atomic E-state index is 0.104. The van der Waals surface area contributed by atoms with Gasteiger partial charge in [-0.1, -0.05) is 15.9 Å². The van der Waals surface area contributed by atoms with Crippen LogP contribution in [0.1, 0.15) is 39.0 Å². The van der Waals surface area contributed by atoms with Gasteiger partial charge in [0.15, 0.2) is 0 Å². The molecular formula is C14H21BrO2. The number of Topliss-reactive ketones (excluding diaryl/α,β-unsaturated/α-hetero) is 1. The molecule has 0 aromatic carbocycles. The van der Waals surface area contributed by atoms with Crippen molar-refractivity contribution < 1.29 is 9.90 Å². The third kappa shape index (κ3) is 2.46. The van der Waals surface area contributed by atoms with Crippen LogP contribution in [0.3, 0.4) is 0 Å². The van der Waals surface area contributed by atoms with Crippen molar-refractivity contribution in [2.45, 2.75) is 44.6 Å². The van der Waals surface area contributed by atoms with Crippen LogP contribution in [0.5, 0.6) is 0 Å². The largest absolute Gasteiger partial charge is 0.390 e. The molecule has 3 aliphatic rings. The van der Waals surface area contributed by atoms with Crippen molar-refractivity contribution in [3.05, 3.63) is 0 Å². The van der Waals surface area contributed by atoms with Crippen LogP contribution in [-0.2, 0) is 4.79 Å². The van der Waals surface area contributed by atoms with Crippen molar-refractivity contribution in [1.29, 1.82) is 0 Å². The van der Waals surface area contributed by atoms with Gasteiger partial charge in [-0.05, 0) is 62.7 Å². The van der Waals surface area contributed by atoms with Crippen LogP contribution >= 0.6 is 15.9 Å². The molecule has 0 spiro atoms. The minimum Gasteiger partial charge on any atom is -0.390 e. The number of rotatable bonds is 2. The van der Waals surface area contributed by atoms with E-state index < -0.39 is 5.60 Å². The summed E-state index contributed by atoms with van der Waals surface area (Å²) in [7, 11) is 0. The molecule has 96 valence electrons. The molecule has 3 rings (SSSR count). The van der Waals surface area contributed by atoms with Crippen LogP contribution in [0, 0.1) is 29.6 Å². The Labute approximate surface area is 111 Å². The summed E-state index contributed by atoms with van der Waals surface area (Å²) in [5.41, 5.74) is -0.626. The average Bonchev–Trinajstić information content (AvgIpc) is 3.14. The van der Waals surface area contributed by atoms with Crippen LogP contribution in [0.2, 0.25) is 0 Å². The quantitative estimate of drug-likeness (QED) is 0.796. The molecule has 0 amide bonds. The van der Waals surface area contributed by atoms with E-state index in [1.807, 2.05) is 6.92 Å². The van der Waals surface area contributed by atoms with Gasteiger partial charge in [-0.25, -0.2) is 0 Å². The SMILES string of the molecule is C[C@]1(O)CC2CC2C[C@@H]2C[C@@H]2[C@H](C(=O)CBr)C1. The number of hydrogen-bond acceptors (Lipinski definition) is 2. The molecule has 0 bridgehead atoms. The van der Waals surface area contributed by atoms with Crippen molar-refractivity contribution in [2.75, 3.05) is 5.33 Å². The monoisotopic (exact) mass is 300 g/mol. The van der Waals surface area contributed by atoms with Crippen molar-refractivity contribution in [1.82, 2.24) is 0 Å². The first kappa shape index (κ1) is 12.2. The van der Waals surface area contributed by atoms with Gasteiger partial charge in [0.2, 0.25) is 0 Å². The molecule has 1 N–H and O–H groups in total. The lowest BCUT2D eigenvalue weighted by atomic mass is 9.83. The second kappa shape index (κ2) is 4.06. The predicted octanol–water partition coefficient (Wildman–Crippen LogP) is 2.77. The number of fused-ring (bicyclic) bond motifs is 2. The second-order valence-corrected chi connectivity index (χ2v) is 7.32. The van der Waals surface area contributed by atoms with E-state index in [-0.39, 0.29) is 5.92 Å². The van der Waals surface area contributed by atoms with E-state index in [0.717, 1.165) is 24.2 Å². The molecule has 3 aliphatic carbocycles. The smallest absolute Gasteiger partial charge is 0.146 e. The number of aliphatic hydroxyl groups is 1. The summed E-state index contributed by atoms with van der Waals surface area (Å²) in [6, 6.07) is 0. The predicted molar refractivity (Wildman–Crippen MR) is 70.0 cm³/mol. The maximum atomic E-state index is 12.0. The molecule has 0 saturated heterocycles. The lowest BCUT2D eigenvalue weighted by molar-refractivity contribution is -0.123. The second-order valence-electron chi connectivity index (χ2n) is 6.76. The molecule has 2 nitrogen and oxygen atoms in total. The van der Waals surface area contributed by atoms with Crippen molar-refractivity contribution in [2.24, 2.45) is 29.6 Å². The van der Waals surface area contributed by atoms with Gasteiger partial charge in [0, 0.05) is 5.92 Å². The molecule has 3 heteroatoms. The molecule has 0 heterocycles. The van der Waals surface area contributed by atoms with Gasteiger partial charge in [-0.2, -0.15) is 0 Å². The molecule has 0 aliphatic heterocycles. The van der Waals surface area contributed by atoms with Gasteiger partial charge in [0.25, 0.3) is 0 Å². The van der Waals surface area contributed by atoms with Gasteiger partial charge < -0.3 is 5.11 Å². The van der Waals surface area contributed by atoms with Gasteiger partial charge in [0.05, 0.1) is 10.9 Å². The summed E-state index contributed by atoms with van der Waals surface area (Å²) in [6.45, 7) is 1.93. The standard InChI is InChI=1S/C14H21BrO2/c1-14(17)5-10-3-8(10)2-9-4-11(9)12(6-14)13(16)7-15/h8-12,17H,2-7H2,1H3/t8?,9-,10?,11+,12-,14+/m1/s1. The molecule has 3 saturated carbocycles. The van der Waals surface area contributed by atoms with Crippen LogP contribution in [0.15, 0.2) is 0 Å². The van der Waals surface area contributed by atoms with Gasteiger partial charge in [-0.15, -0.1) is 0 Å². The summed E-state index contributed by atoms with van der Waals surface area (Å²) in [5.74, 6) is 3.36. The lowest BCUT2D eigenvalue weighted by Crippen LogP contribution is -2.33. The van der Waals surface area contributed by atoms with Gasteiger partial charge in [-0.3, -0.25) is 4.79 Å². The number of carbonyl (C=O) groups is 1. The molecule has 3 fully saturated rings. The third-order valence-electron chi connectivity index (χ3n) is 5.08. The highest BCUT2D eigenvalue weighted by atomic mass is 79.9. The highest BCUT2D eigenvalue weighted by Crippen LogP contribution is 2.59. The fourth-order valence-corrected chi connectivity index (χ4v) is 4.41. The first-order chi connectivity index (χ1) is 8.00. The summed E-state index contributed by atoms with van der Waals surface area (Å²) in [5, 5.41) is 10.9. The van der Waals surface area contributed by atoms with Crippen LogP contribution in [0.25, 0.3) is 0 Å². The van der Waals surface area contributed by atoms with E-state index in [1.54, 1.807) is 0 Å². The Morgan fingerprint density at radius 1 is 1.24 bits per heavy atom. The highest BCUT2D eigenvalue weighted by Gasteiger charge is 2.53. The Bertz CT molecular complexity index is 339. The van der Waals surface area contributed by atoms with Crippen molar-refractivity contribution in [3.63, 3.8) is 0 Å². The van der Waals surface area contributed by atoms with E-state index in [4.69, 9.17) is 0 Å². The minimum atomic E-state index is -0.626. The van der Waals surface area contributed by atoms with Crippen LogP contribution < -0.4 is 0 Å². The molecule has 6 atom stereocenters. The Morgan fingerprint density at radius 2 is 1.94 bits per heavy atom. The number of hydrogen-bond donors (Lipinski definition) is 1. The topological polar surface area (TPSA) is 37.3 Å². The van der Waals surface area contributed by atoms with E-state index in [1.165, 1.54) is 19.3 Å². The first-order valence-corrected chi connectivity index (χ1v) is 7.93. The Balaban J connectivity index is 1.77. The summed E-state index contributed by atoms with van der Waals surface area (Å²) in [4.78, 5) is 12.0. The number of halogens is 1. The summed E-state index contributed by atoms with van der Waals surface area (Å²) >= 11 is 3.29. The van der Waals surface area contributed by atoms with Gasteiger partial charge in [0.1, 0.15) is 5.78 Å². The normalized spacial score (nSPS) is 52.5. The van der Waals surface area contributed by atoms with E-state index in [9.17, 15) is 9.90 Å². The number of ketones is 1. The molecule has 0 radical (unpaired) electrons. The number of alkyl halides is 1. The molecule has 17 heavy (non-hydrogen) atoms. The third-order valence-corrected chi connectivity index (χ3v) is 5.63. The van der Waals surface area contributed by atoms with Crippen molar-refractivity contribution in [3.8, 4) is 0 Å². The summed E-state index contributed by atoms with van der Waals surface area (Å²) in [6.07, 6.45) is 5.45. The molecule has 0 aromatic heterocycles. The van der Waals surface area contributed by atoms with E-state index in [2.05, 4.69) is 15.9 Å². The molecular weight excluding hydrogens is 280 g/mol. The Hall–Kier alpha value is 0.110. The molecule has 2 unspecified atom stereocenters. The number of carbonyl (C=O) groups excluding carboxylic acids is 1.